The molecule has 2 heteroatoms. The molecule has 0 atom stereocenters. The lowest BCUT2D eigenvalue weighted by atomic mass is 9.76. The van der Waals surface area contributed by atoms with E-state index in [0.717, 1.165) is 16.3 Å². The molecule has 2 nitrogen and oxygen atoms in total. The number of hydrogen-bond donors (Lipinski definition) is 0. The van der Waals surface area contributed by atoms with Gasteiger partial charge >= 0.3 is 5.63 Å². The number of hydrogen-bond acceptors (Lipinski definition) is 2. The minimum Gasteiger partial charge on any atom is -0.422 e. The Labute approximate surface area is 126 Å². The predicted octanol–water partition coefficient (Wildman–Crippen LogP) is 4.90. The maximum atomic E-state index is 12.4. The van der Waals surface area contributed by atoms with Crippen LogP contribution in [0.15, 0.2) is 63.8 Å². The zero-order valence-electron chi connectivity index (χ0n) is 12.0. The molecule has 0 bridgehead atoms. The summed E-state index contributed by atoms with van der Waals surface area (Å²) >= 11 is 0. The van der Waals surface area contributed by atoms with Crippen molar-refractivity contribution in [3.8, 4) is 22.3 Å². The smallest absolute Gasteiger partial charge is 0.344 e. The Morgan fingerprint density at radius 1 is 0.818 bits per heavy atom. The minimum atomic E-state index is -0.251. The van der Waals surface area contributed by atoms with Gasteiger partial charge in [-0.25, -0.2) is 4.79 Å². The van der Waals surface area contributed by atoms with E-state index in [0.29, 0.717) is 11.0 Å². The Kier molecular flexibility index (Phi) is 2.06. The Bertz CT molecular complexity index is 1150. The number of fused-ring (bicyclic) bond motifs is 7. The molecule has 0 spiro atoms. The zero-order valence-corrected chi connectivity index (χ0v) is 12.0. The molecular formula is C20H12O2. The molecule has 1 heterocycles. The summed E-state index contributed by atoms with van der Waals surface area (Å²) in [7, 11) is 0. The maximum Gasteiger partial charge on any atom is 0.344 e. The number of rotatable bonds is 0. The summed E-state index contributed by atoms with van der Waals surface area (Å²) < 4.78 is 5.51. The van der Waals surface area contributed by atoms with Gasteiger partial charge in [-0.2, -0.15) is 0 Å². The van der Waals surface area contributed by atoms with Crippen LogP contribution in [0.3, 0.4) is 0 Å². The molecule has 22 heavy (non-hydrogen) atoms. The van der Waals surface area contributed by atoms with Crippen LogP contribution in [0.2, 0.25) is 0 Å². The van der Waals surface area contributed by atoms with Gasteiger partial charge in [0.25, 0.3) is 0 Å². The molecule has 104 valence electrons. The third-order valence-electron chi connectivity index (χ3n) is 4.65. The average Bonchev–Trinajstić information content (AvgIpc) is 2.52. The molecule has 1 aliphatic rings. The highest BCUT2D eigenvalue weighted by Gasteiger charge is 2.26. The van der Waals surface area contributed by atoms with E-state index in [4.69, 9.17) is 4.42 Å². The molecule has 3 aromatic carbocycles. The summed E-state index contributed by atoms with van der Waals surface area (Å²) in [6, 6.07) is 18.2. The van der Waals surface area contributed by atoms with Crippen LogP contribution >= 0.6 is 0 Å². The van der Waals surface area contributed by atoms with Crippen LogP contribution in [0.4, 0.5) is 0 Å². The van der Waals surface area contributed by atoms with Crippen LogP contribution in [0.1, 0.15) is 5.56 Å². The molecule has 0 amide bonds. The van der Waals surface area contributed by atoms with Crippen LogP contribution in [0.5, 0.6) is 0 Å². The summed E-state index contributed by atoms with van der Waals surface area (Å²) in [5, 5.41) is 2.68. The standard InChI is InChI=1S/C20H12O2/c1-11-18-14-8-3-2-6-12(14)15(18)10-16-13-7-4-5-9-17(13)22-20(21)19(11)16/h2-10H,1H3. The number of benzene rings is 3. The quantitative estimate of drug-likeness (QED) is 0.299. The first-order valence-corrected chi connectivity index (χ1v) is 7.34. The van der Waals surface area contributed by atoms with Crippen LogP contribution < -0.4 is 5.63 Å². The van der Waals surface area contributed by atoms with Gasteiger partial charge < -0.3 is 4.42 Å². The van der Waals surface area contributed by atoms with Gasteiger partial charge in [0.1, 0.15) is 5.58 Å². The van der Waals surface area contributed by atoms with Gasteiger partial charge in [-0.1, -0.05) is 42.5 Å². The van der Waals surface area contributed by atoms with Gasteiger partial charge in [0.2, 0.25) is 0 Å². The van der Waals surface area contributed by atoms with Crippen molar-refractivity contribution in [2.45, 2.75) is 6.92 Å². The largest absolute Gasteiger partial charge is 0.422 e. The molecule has 1 aliphatic carbocycles. The fourth-order valence-corrected chi connectivity index (χ4v) is 3.66. The van der Waals surface area contributed by atoms with E-state index in [1.165, 1.54) is 22.3 Å². The Balaban J connectivity index is 2.03. The van der Waals surface area contributed by atoms with E-state index in [1.807, 2.05) is 37.3 Å². The second kappa shape index (κ2) is 3.86. The molecule has 0 N–H and O–H groups in total. The van der Waals surface area contributed by atoms with E-state index in [1.54, 1.807) is 0 Å². The van der Waals surface area contributed by atoms with Crippen molar-refractivity contribution in [1.82, 2.24) is 0 Å². The molecular weight excluding hydrogens is 272 g/mol. The van der Waals surface area contributed by atoms with E-state index in [9.17, 15) is 4.79 Å². The van der Waals surface area contributed by atoms with Crippen molar-refractivity contribution < 1.29 is 4.42 Å². The molecule has 0 radical (unpaired) electrons. The van der Waals surface area contributed by atoms with Crippen molar-refractivity contribution in [3.05, 3.63) is 70.6 Å². The highest BCUT2D eigenvalue weighted by molar-refractivity contribution is 6.15. The fourth-order valence-electron chi connectivity index (χ4n) is 3.66. The summed E-state index contributed by atoms with van der Waals surface area (Å²) in [5.74, 6) is 0. The van der Waals surface area contributed by atoms with Crippen LogP contribution in [0.25, 0.3) is 44.0 Å². The van der Waals surface area contributed by atoms with Gasteiger partial charge in [0, 0.05) is 10.8 Å². The second-order valence-electron chi connectivity index (χ2n) is 5.78. The second-order valence-corrected chi connectivity index (χ2v) is 5.78. The Hall–Kier alpha value is -2.87. The number of aryl methyl sites for hydroxylation is 1. The topological polar surface area (TPSA) is 30.2 Å². The monoisotopic (exact) mass is 284 g/mol. The van der Waals surface area contributed by atoms with Gasteiger partial charge in [-0.3, -0.25) is 0 Å². The van der Waals surface area contributed by atoms with E-state index in [2.05, 4.69) is 24.3 Å². The van der Waals surface area contributed by atoms with Crippen molar-refractivity contribution in [3.63, 3.8) is 0 Å². The lowest BCUT2D eigenvalue weighted by molar-refractivity contribution is 0.569. The molecule has 5 rings (SSSR count). The zero-order chi connectivity index (χ0) is 14.8. The lowest BCUT2D eigenvalue weighted by Gasteiger charge is -2.27. The van der Waals surface area contributed by atoms with E-state index in [-0.39, 0.29) is 5.63 Å². The molecule has 4 aromatic rings. The molecule has 0 saturated heterocycles. The summed E-state index contributed by atoms with van der Waals surface area (Å²) in [6.07, 6.45) is 0. The van der Waals surface area contributed by atoms with E-state index < -0.39 is 0 Å². The van der Waals surface area contributed by atoms with Crippen molar-refractivity contribution >= 4 is 21.7 Å². The third-order valence-corrected chi connectivity index (χ3v) is 4.65. The first-order chi connectivity index (χ1) is 10.8. The molecule has 0 fully saturated rings. The lowest BCUT2D eigenvalue weighted by Crippen LogP contribution is -2.08. The van der Waals surface area contributed by atoms with E-state index >= 15 is 0 Å². The molecule has 0 unspecified atom stereocenters. The van der Waals surface area contributed by atoms with Gasteiger partial charge in [0.15, 0.2) is 0 Å². The predicted molar refractivity (Wildman–Crippen MR) is 89.2 cm³/mol. The summed E-state index contributed by atoms with van der Waals surface area (Å²) in [5.41, 5.74) is 6.32. The van der Waals surface area contributed by atoms with Gasteiger partial charge in [-0.15, -0.1) is 0 Å². The molecule has 0 aliphatic heterocycles. The number of para-hydroxylation sites is 1. The highest BCUT2D eigenvalue weighted by Crippen LogP contribution is 2.50. The Morgan fingerprint density at radius 2 is 1.55 bits per heavy atom. The minimum absolute atomic E-state index is 0.251. The highest BCUT2D eigenvalue weighted by atomic mass is 16.4. The summed E-state index contributed by atoms with van der Waals surface area (Å²) in [6.45, 7) is 2.02. The normalized spacial score (nSPS) is 12.0. The fraction of sp³-hybridized carbons (Fsp3) is 0.0500. The van der Waals surface area contributed by atoms with Gasteiger partial charge in [0.05, 0.1) is 5.39 Å². The van der Waals surface area contributed by atoms with Crippen LogP contribution in [0, 0.1) is 6.92 Å². The SMILES string of the molecule is Cc1c2c(cc3c1c(=O)oc1ccccc13)-c1ccccc1-2. The van der Waals surface area contributed by atoms with Gasteiger partial charge in [-0.05, 0) is 46.9 Å². The summed E-state index contributed by atoms with van der Waals surface area (Å²) in [4.78, 5) is 12.4. The van der Waals surface area contributed by atoms with Crippen molar-refractivity contribution in [2.75, 3.05) is 0 Å². The maximum absolute atomic E-state index is 12.4. The van der Waals surface area contributed by atoms with Crippen molar-refractivity contribution in [1.29, 1.82) is 0 Å². The molecule has 1 aromatic heterocycles. The third kappa shape index (κ3) is 1.27. The van der Waals surface area contributed by atoms with Crippen molar-refractivity contribution in [2.24, 2.45) is 0 Å². The first-order valence-electron chi connectivity index (χ1n) is 7.34. The van der Waals surface area contributed by atoms with Crippen LogP contribution in [-0.4, -0.2) is 0 Å². The Morgan fingerprint density at radius 3 is 2.41 bits per heavy atom. The average molecular weight is 284 g/mol. The molecule has 0 saturated carbocycles. The van der Waals surface area contributed by atoms with Crippen LogP contribution in [-0.2, 0) is 0 Å². The first kappa shape index (κ1) is 11.8.